The molecule has 6 atom stereocenters. The lowest BCUT2D eigenvalue weighted by Gasteiger charge is -2.51. The van der Waals surface area contributed by atoms with Crippen LogP contribution in [0.2, 0.25) is 18.1 Å². The van der Waals surface area contributed by atoms with Crippen LogP contribution in [0.3, 0.4) is 0 Å². The molecule has 2 aromatic carbocycles. The molecule has 2 aliphatic rings. The molecule has 0 saturated carbocycles. The van der Waals surface area contributed by atoms with Gasteiger partial charge in [-0.05, 0) is 43.1 Å². The van der Waals surface area contributed by atoms with Gasteiger partial charge in [0.25, 0.3) is 5.79 Å². The zero-order chi connectivity index (χ0) is 35.5. The summed E-state index contributed by atoms with van der Waals surface area (Å²) in [6.07, 6.45) is -4.84. The van der Waals surface area contributed by atoms with Crippen LogP contribution in [0.5, 0.6) is 0 Å². The van der Waals surface area contributed by atoms with Crippen LogP contribution in [0.1, 0.15) is 72.1 Å². The number of methoxy groups -OCH3 is 1. The monoisotopic (exact) mass is 685 g/mol. The Kier molecular flexibility index (Phi) is 11.6. The molecule has 12 heteroatoms. The molecule has 0 aromatic heterocycles. The zero-order valence-electron chi connectivity index (χ0n) is 29.7. The van der Waals surface area contributed by atoms with Crippen molar-refractivity contribution in [1.82, 2.24) is 5.32 Å². The van der Waals surface area contributed by atoms with Crippen LogP contribution in [0.15, 0.2) is 60.7 Å². The first-order valence-corrected chi connectivity index (χ1v) is 19.3. The van der Waals surface area contributed by atoms with Gasteiger partial charge in [-0.25, -0.2) is 4.79 Å². The summed E-state index contributed by atoms with van der Waals surface area (Å²) >= 11 is 0. The van der Waals surface area contributed by atoms with Crippen molar-refractivity contribution in [2.24, 2.45) is 0 Å². The topological polar surface area (TPSA) is 128 Å². The lowest BCUT2D eigenvalue weighted by molar-refractivity contribution is -0.307. The Hall–Kier alpha value is -3.13. The van der Waals surface area contributed by atoms with E-state index < -0.39 is 68.4 Å². The number of hydrogen-bond donors (Lipinski definition) is 1. The SMILES string of the molecule is CO[C@@]1(C(=O)OC(c2ccccc2)c2ccccc2)C[C@H](O[Si](C)(C)C(C)(C)C)[C@@H](NC(C)=O)[C@H]([C@H](OC(C)=O)[C@H]2COC(C)(C)O2)O1. The number of carbonyl (C=O) groups excluding carboxylic acids is 3. The lowest BCUT2D eigenvalue weighted by atomic mass is 9.88. The van der Waals surface area contributed by atoms with E-state index >= 15 is 0 Å². The molecule has 0 unspecified atom stereocenters. The molecule has 0 spiro atoms. The standard InChI is InChI=1S/C36H51NO10Si/c1-23(38)37-29-27(47-48(9,10)34(3,4)5)21-36(41-8,46-32(29)31(43-24(2)39)28-22-42-35(6,7)45-28)33(40)44-30(25-17-13-11-14-18-25)26-19-15-12-16-20-26/h11-20,27-32H,21-22H2,1-10H3,(H,37,38)/t27-,28+,29+,31+,32+,36-/m0/s1. The van der Waals surface area contributed by atoms with Crippen LogP contribution in [0.4, 0.5) is 0 Å². The van der Waals surface area contributed by atoms with Gasteiger partial charge >= 0.3 is 11.9 Å². The van der Waals surface area contributed by atoms with Crippen molar-refractivity contribution in [3.63, 3.8) is 0 Å². The Balaban J connectivity index is 1.84. The fourth-order valence-corrected chi connectivity index (χ4v) is 7.19. The van der Waals surface area contributed by atoms with E-state index in [1.807, 2.05) is 60.7 Å². The third kappa shape index (κ3) is 8.71. The fraction of sp³-hybridized carbons (Fsp3) is 0.583. The van der Waals surface area contributed by atoms with Gasteiger partial charge in [0.1, 0.15) is 12.2 Å². The second-order valence-electron chi connectivity index (χ2n) is 14.4. The highest BCUT2D eigenvalue weighted by Crippen LogP contribution is 2.44. The number of ether oxygens (including phenoxy) is 6. The highest BCUT2D eigenvalue weighted by Gasteiger charge is 2.60. The van der Waals surface area contributed by atoms with E-state index in [1.165, 1.54) is 21.0 Å². The van der Waals surface area contributed by atoms with Crippen molar-refractivity contribution >= 4 is 26.2 Å². The van der Waals surface area contributed by atoms with E-state index in [0.717, 1.165) is 11.1 Å². The second-order valence-corrected chi connectivity index (χ2v) is 19.2. The van der Waals surface area contributed by atoms with Crippen molar-refractivity contribution in [2.45, 2.75) is 121 Å². The van der Waals surface area contributed by atoms with Gasteiger partial charge in [0.2, 0.25) is 5.91 Å². The van der Waals surface area contributed by atoms with Gasteiger partial charge in [0, 0.05) is 27.4 Å². The molecular weight excluding hydrogens is 634 g/mol. The maximum Gasteiger partial charge on any atom is 0.367 e. The van der Waals surface area contributed by atoms with Gasteiger partial charge < -0.3 is 38.2 Å². The van der Waals surface area contributed by atoms with Crippen LogP contribution >= 0.6 is 0 Å². The summed E-state index contributed by atoms with van der Waals surface area (Å²) in [5, 5.41) is 2.75. The number of nitrogens with one attached hydrogen (secondary N) is 1. The Morgan fingerprint density at radius 3 is 1.92 bits per heavy atom. The molecule has 11 nitrogen and oxygen atoms in total. The van der Waals surface area contributed by atoms with Crippen LogP contribution in [-0.4, -0.2) is 81.9 Å². The van der Waals surface area contributed by atoms with E-state index in [1.54, 1.807) is 13.8 Å². The normalized spacial score (nSPS) is 26.5. The first kappa shape index (κ1) is 37.7. The minimum absolute atomic E-state index is 0.0693. The molecule has 48 heavy (non-hydrogen) atoms. The molecular formula is C36H51NO10Si. The van der Waals surface area contributed by atoms with Gasteiger partial charge in [-0.2, -0.15) is 0 Å². The molecule has 4 rings (SSSR count). The van der Waals surface area contributed by atoms with Crippen molar-refractivity contribution in [2.75, 3.05) is 13.7 Å². The van der Waals surface area contributed by atoms with Crippen LogP contribution in [-0.2, 0) is 47.2 Å². The molecule has 264 valence electrons. The molecule has 0 bridgehead atoms. The summed E-state index contributed by atoms with van der Waals surface area (Å²) in [6.45, 7) is 16.7. The lowest BCUT2D eigenvalue weighted by Crippen LogP contribution is -2.70. The minimum atomic E-state index is -2.56. The van der Waals surface area contributed by atoms with E-state index in [0.29, 0.717) is 0 Å². The van der Waals surface area contributed by atoms with E-state index in [-0.39, 0.29) is 24.0 Å². The minimum Gasteiger partial charge on any atom is -0.457 e. The molecule has 0 aliphatic carbocycles. The average Bonchev–Trinajstić information content (AvgIpc) is 3.38. The highest BCUT2D eigenvalue weighted by molar-refractivity contribution is 6.74. The van der Waals surface area contributed by atoms with Gasteiger partial charge in [-0.1, -0.05) is 81.4 Å². The quantitative estimate of drug-likeness (QED) is 0.242. The largest absolute Gasteiger partial charge is 0.457 e. The van der Waals surface area contributed by atoms with Crippen LogP contribution in [0, 0.1) is 0 Å². The van der Waals surface area contributed by atoms with Crippen LogP contribution < -0.4 is 5.32 Å². The predicted octanol–water partition coefficient (Wildman–Crippen LogP) is 5.43. The molecule has 1 N–H and O–H groups in total. The smallest absolute Gasteiger partial charge is 0.367 e. The molecule has 2 fully saturated rings. The predicted molar refractivity (Wildman–Crippen MR) is 180 cm³/mol. The third-order valence-corrected chi connectivity index (χ3v) is 13.8. The highest BCUT2D eigenvalue weighted by atomic mass is 28.4. The van der Waals surface area contributed by atoms with Gasteiger partial charge in [-0.15, -0.1) is 0 Å². The van der Waals surface area contributed by atoms with Gasteiger partial charge in [0.05, 0.1) is 18.8 Å². The molecule has 1 amide bonds. The summed E-state index contributed by atoms with van der Waals surface area (Å²) in [5.41, 5.74) is 1.50. The van der Waals surface area contributed by atoms with E-state index in [2.05, 4.69) is 39.2 Å². The molecule has 2 aromatic rings. The Morgan fingerprint density at radius 1 is 0.917 bits per heavy atom. The van der Waals surface area contributed by atoms with E-state index in [9.17, 15) is 14.4 Å². The maximum atomic E-state index is 14.6. The fourth-order valence-electron chi connectivity index (χ4n) is 5.85. The summed E-state index contributed by atoms with van der Waals surface area (Å²) < 4.78 is 43.8. The third-order valence-electron chi connectivity index (χ3n) is 9.27. The van der Waals surface area contributed by atoms with Gasteiger partial charge in [-0.3, -0.25) is 9.59 Å². The number of rotatable bonds is 11. The molecule has 2 saturated heterocycles. The van der Waals surface area contributed by atoms with E-state index in [4.69, 9.17) is 32.8 Å². The number of hydrogen-bond acceptors (Lipinski definition) is 10. The number of benzene rings is 2. The second kappa shape index (κ2) is 14.8. The summed E-state index contributed by atoms with van der Waals surface area (Å²) in [5.74, 6) is -4.77. The average molecular weight is 686 g/mol. The van der Waals surface area contributed by atoms with Crippen molar-refractivity contribution in [1.29, 1.82) is 0 Å². The molecule has 0 radical (unpaired) electrons. The van der Waals surface area contributed by atoms with Gasteiger partial charge in [0.15, 0.2) is 26.3 Å². The molecule has 2 heterocycles. The Bertz CT molecular complexity index is 1370. The number of carbonyl (C=O) groups is 3. The summed E-state index contributed by atoms with van der Waals surface area (Å²) in [7, 11) is -1.20. The first-order chi connectivity index (χ1) is 22.4. The van der Waals surface area contributed by atoms with Crippen molar-refractivity contribution in [3.8, 4) is 0 Å². The Morgan fingerprint density at radius 2 is 1.48 bits per heavy atom. The Labute approximate surface area is 285 Å². The zero-order valence-corrected chi connectivity index (χ0v) is 30.7. The first-order valence-electron chi connectivity index (χ1n) is 16.4. The summed E-state index contributed by atoms with van der Waals surface area (Å²) in [6, 6.07) is 17.9. The van der Waals surface area contributed by atoms with Crippen LogP contribution in [0.25, 0.3) is 0 Å². The van der Waals surface area contributed by atoms with Crippen molar-refractivity contribution < 1.29 is 47.2 Å². The number of amides is 1. The maximum absolute atomic E-state index is 14.6. The number of esters is 2. The summed E-state index contributed by atoms with van der Waals surface area (Å²) in [4.78, 5) is 40.0. The van der Waals surface area contributed by atoms with Crippen molar-refractivity contribution in [3.05, 3.63) is 71.8 Å². The molecule has 2 aliphatic heterocycles.